The lowest BCUT2D eigenvalue weighted by Gasteiger charge is -2.39. The van der Waals surface area contributed by atoms with Crippen LogP contribution in [-0.4, -0.2) is 74.4 Å². The highest BCUT2D eigenvalue weighted by Crippen LogP contribution is 2.43. The number of ether oxygens (including phenoxy) is 1. The minimum atomic E-state index is -1.09. The van der Waals surface area contributed by atoms with Crippen LogP contribution in [0.2, 0.25) is 5.02 Å². The van der Waals surface area contributed by atoms with Crippen molar-refractivity contribution in [1.82, 2.24) is 24.6 Å². The van der Waals surface area contributed by atoms with Gasteiger partial charge in [-0.3, -0.25) is 9.58 Å². The van der Waals surface area contributed by atoms with Crippen molar-refractivity contribution in [3.05, 3.63) is 40.8 Å². The molecule has 2 aliphatic heterocycles. The van der Waals surface area contributed by atoms with E-state index in [-0.39, 0.29) is 18.5 Å². The number of alkyl halides is 1. The van der Waals surface area contributed by atoms with Crippen LogP contribution in [0, 0.1) is 0 Å². The van der Waals surface area contributed by atoms with Gasteiger partial charge in [0.1, 0.15) is 6.17 Å². The molecule has 2 saturated heterocycles. The standard InChI is InChI=1S/C24H28ClFN6O2/c1-31-23(13-2-3-13)20(9-28-31)30-24-27-8-14-6-17(25)16(7-19(14)29-24)15-4-5-32(10-18(15)26)21-11-34-12-22(21)33/h6-9,13,15,18,21-22,33H,2-5,10-12H2,1H3,(H,27,29,30)/t15-,18+,21+,22-/m0/s1. The third-order valence-electron chi connectivity index (χ3n) is 7.36. The van der Waals surface area contributed by atoms with Gasteiger partial charge < -0.3 is 15.2 Å². The number of rotatable bonds is 5. The van der Waals surface area contributed by atoms with Gasteiger partial charge in [0.05, 0.1) is 48.5 Å². The van der Waals surface area contributed by atoms with E-state index >= 15 is 4.39 Å². The van der Waals surface area contributed by atoms with Gasteiger partial charge >= 0.3 is 0 Å². The first-order chi connectivity index (χ1) is 16.5. The zero-order chi connectivity index (χ0) is 23.4. The maximum Gasteiger partial charge on any atom is 0.227 e. The summed E-state index contributed by atoms with van der Waals surface area (Å²) in [5, 5.41) is 19.2. The average Bonchev–Trinajstić information content (AvgIpc) is 3.45. The van der Waals surface area contributed by atoms with Crippen LogP contribution in [0.3, 0.4) is 0 Å². The van der Waals surface area contributed by atoms with Crippen molar-refractivity contribution in [2.24, 2.45) is 7.05 Å². The molecule has 8 nitrogen and oxygen atoms in total. The van der Waals surface area contributed by atoms with Crippen molar-refractivity contribution in [1.29, 1.82) is 0 Å². The number of hydrogen-bond donors (Lipinski definition) is 2. The van der Waals surface area contributed by atoms with Crippen LogP contribution in [0.1, 0.15) is 42.4 Å². The van der Waals surface area contributed by atoms with Gasteiger partial charge in [-0.1, -0.05) is 11.6 Å². The van der Waals surface area contributed by atoms with Gasteiger partial charge in [0, 0.05) is 42.0 Å². The third-order valence-corrected chi connectivity index (χ3v) is 7.68. The maximum atomic E-state index is 15.4. The first kappa shape index (κ1) is 22.2. The van der Waals surface area contributed by atoms with Crippen molar-refractivity contribution in [3.63, 3.8) is 0 Å². The number of aliphatic hydroxyl groups excluding tert-OH is 1. The average molecular weight is 487 g/mol. The van der Waals surface area contributed by atoms with E-state index in [0.717, 1.165) is 22.2 Å². The van der Waals surface area contributed by atoms with E-state index in [9.17, 15) is 5.11 Å². The lowest BCUT2D eigenvalue weighted by atomic mass is 9.86. The molecule has 34 heavy (non-hydrogen) atoms. The Kier molecular flexibility index (Phi) is 5.68. The summed E-state index contributed by atoms with van der Waals surface area (Å²) in [7, 11) is 1.95. The SMILES string of the molecule is Cn1ncc(Nc2ncc3cc(Cl)c([C@@H]4CCN([C@@H]5COC[C@@H]5O)C[C@H]4F)cc3n2)c1C1CC1. The first-order valence-electron chi connectivity index (χ1n) is 11.9. The van der Waals surface area contributed by atoms with Gasteiger partial charge in [-0.15, -0.1) is 0 Å². The third kappa shape index (κ3) is 4.04. The zero-order valence-corrected chi connectivity index (χ0v) is 19.7. The summed E-state index contributed by atoms with van der Waals surface area (Å²) in [4.78, 5) is 11.2. The van der Waals surface area contributed by atoms with Gasteiger partial charge in [0.2, 0.25) is 5.95 Å². The van der Waals surface area contributed by atoms with Gasteiger partial charge in [-0.25, -0.2) is 14.4 Å². The number of benzene rings is 1. The van der Waals surface area contributed by atoms with E-state index < -0.39 is 12.3 Å². The molecule has 0 spiro atoms. The molecule has 2 N–H and O–H groups in total. The topological polar surface area (TPSA) is 88.3 Å². The second-order valence-corrected chi connectivity index (χ2v) is 10.1. The molecule has 2 aromatic heterocycles. The normalized spacial score (nSPS) is 28.0. The number of fused-ring (bicyclic) bond motifs is 1. The van der Waals surface area contributed by atoms with E-state index in [1.165, 1.54) is 18.5 Å². The van der Waals surface area contributed by atoms with Crippen LogP contribution < -0.4 is 5.32 Å². The smallest absolute Gasteiger partial charge is 0.227 e. The Morgan fingerprint density at radius 2 is 2.06 bits per heavy atom. The van der Waals surface area contributed by atoms with Crippen LogP contribution in [-0.2, 0) is 11.8 Å². The van der Waals surface area contributed by atoms with E-state index in [1.54, 1.807) is 6.20 Å². The number of halogens is 2. The summed E-state index contributed by atoms with van der Waals surface area (Å²) in [5.74, 6) is 0.696. The fourth-order valence-corrected chi connectivity index (χ4v) is 5.69. The molecule has 0 unspecified atom stereocenters. The molecule has 4 heterocycles. The number of aliphatic hydroxyl groups is 1. The Hall–Kier alpha value is -2.33. The summed E-state index contributed by atoms with van der Waals surface area (Å²) >= 11 is 6.60. The Balaban J connectivity index is 1.24. The number of nitrogens with one attached hydrogen (secondary N) is 1. The van der Waals surface area contributed by atoms with Gasteiger partial charge in [-0.2, -0.15) is 5.10 Å². The van der Waals surface area contributed by atoms with Crippen molar-refractivity contribution in [3.8, 4) is 0 Å². The summed E-state index contributed by atoms with van der Waals surface area (Å²) in [6.07, 6.45) is 4.86. The summed E-state index contributed by atoms with van der Waals surface area (Å²) in [6, 6.07) is 3.58. The number of aryl methyl sites for hydroxylation is 1. The van der Waals surface area contributed by atoms with Crippen LogP contribution in [0.25, 0.3) is 10.9 Å². The van der Waals surface area contributed by atoms with Crippen molar-refractivity contribution < 1.29 is 14.2 Å². The minimum absolute atomic E-state index is 0.138. The largest absolute Gasteiger partial charge is 0.389 e. The van der Waals surface area contributed by atoms with Crippen LogP contribution in [0.4, 0.5) is 16.0 Å². The molecular weight excluding hydrogens is 459 g/mol. The van der Waals surface area contributed by atoms with Gasteiger partial charge in [-0.05, 0) is 43.5 Å². The van der Waals surface area contributed by atoms with Crippen LogP contribution >= 0.6 is 11.6 Å². The lowest BCUT2D eigenvalue weighted by Crippen LogP contribution is -2.50. The van der Waals surface area contributed by atoms with E-state index in [2.05, 4.69) is 15.4 Å². The second kappa shape index (κ2) is 8.71. The summed E-state index contributed by atoms with van der Waals surface area (Å²) in [5.41, 5.74) is 3.59. The fourth-order valence-electron chi connectivity index (χ4n) is 5.38. The lowest BCUT2D eigenvalue weighted by molar-refractivity contribution is 0.0353. The Labute approximate surface area is 202 Å². The number of piperidine rings is 1. The summed E-state index contributed by atoms with van der Waals surface area (Å²) in [6.45, 7) is 1.70. The number of aromatic nitrogens is 4. The van der Waals surface area contributed by atoms with Gasteiger partial charge in [0.15, 0.2) is 0 Å². The summed E-state index contributed by atoms with van der Waals surface area (Å²) < 4.78 is 22.6. The Morgan fingerprint density at radius 1 is 1.21 bits per heavy atom. The maximum absolute atomic E-state index is 15.4. The molecule has 3 aliphatic rings. The highest BCUT2D eigenvalue weighted by molar-refractivity contribution is 6.32. The first-order valence-corrected chi connectivity index (χ1v) is 12.2. The molecule has 180 valence electrons. The molecule has 1 aliphatic carbocycles. The highest BCUT2D eigenvalue weighted by atomic mass is 35.5. The molecule has 6 rings (SSSR count). The van der Waals surface area contributed by atoms with Crippen molar-refractivity contribution >= 4 is 34.1 Å². The predicted octanol–water partition coefficient (Wildman–Crippen LogP) is 3.52. The van der Waals surface area contributed by atoms with Gasteiger partial charge in [0.25, 0.3) is 0 Å². The Morgan fingerprint density at radius 3 is 2.79 bits per heavy atom. The number of likely N-dealkylation sites (tertiary alicyclic amines) is 1. The molecule has 1 saturated carbocycles. The van der Waals surface area contributed by atoms with E-state index in [0.29, 0.717) is 43.1 Å². The molecule has 3 aromatic rings. The van der Waals surface area contributed by atoms with E-state index in [4.69, 9.17) is 21.3 Å². The predicted molar refractivity (Wildman–Crippen MR) is 127 cm³/mol. The second-order valence-electron chi connectivity index (χ2n) is 9.67. The molecule has 4 atom stereocenters. The number of anilines is 2. The quantitative estimate of drug-likeness (QED) is 0.570. The Bertz CT molecular complexity index is 1220. The minimum Gasteiger partial charge on any atom is -0.389 e. The van der Waals surface area contributed by atoms with Crippen LogP contribution in [0.15, 0.2) is 24.5 Å². The molecule has 3 fully saturated rings. The monoisotopic (exact) mass is 486 g/mol. The number of hydrogen-bond acceptors (Lipinski definition) is 7. The molecule has 1 aromatic carbocycles. The fraction of sp³-hybridized carbons (Fsp3) is 0.542. The molecular formula is C24H28ClFN6O2. The van der Waals surface area contributed by atoms with Crippen molar-refractivity contribution in [2.45, 2.75) is 49.4 Å². The zero-order valence-electron chi connectivity index (χ0n) is 19.0. The van der Waals surface area contributed by atoms with Crippen molar-refractivity contribution in [2.75, 3.05) is 31.6 Å². The molecule has 0 bridgehead atoms. The number of nitrogens with zero attached hydrogens (tertiary/aromatic N) is 5. The van der Waals surface area contributed by atoms with E-state index in [1.807, 2.05) is 35.0 Å². The highest BCUT2D eigenvalue weighted by Gasteiger charge is 2.39. The molecule has 0 radical (unpaired) electrons. The molecule has 10 heteroatoms. The molecule has 0 amide bonds. The van der Waals surface area contributed by atoms with Crippen LogP contribution in [0.5, 0.6) is 0 Å².